The summed E-state index contributed by atoms with van der Waals surface area (Å²) in [6.45, 7) is 0. The molecule has 84 valence electrons. The van der Waals surface area contributed by atoms with Gasteiger partial charge in [-0.15, -0.1) is 0 Å². The van der Waals surface area contributed by atoms with Gasteiger partial charge in [-0.1, -0.05) is 12.1 Å². The lowest BCUT2D eigenvalue weighted by Gasteiger charge is -2.05. The standard InChI is InChI=1S/C7H7ClO5S2/c1-14(9,10)13-6-4-2-3-5-7(6)15(8,11)12/h2-5H,1H3. The minimum absolute atomic E-state index is 0.310. The highest BCUT2D eigenvalue weighted by Gasteiger charge is 2.18. The Morgan fingerprint density at radius 1 is 1.13 bits per heavy atom. The Labute approximate surface area is 92.2 Å². The molecule has 0 aliphatic heterocycles. The van der Waals surface area contributed by atoms with E-state index in [-0.39, 0.29) is 10.6 Å². The first kappa shape index (κ1) is 12.3. The molecule has 0 bridgehead atoms. The third kappa shape index (κ3) is 3.69. The van der Waals surface area contributed by atoms with Crippen molar-refractivity contribution in [3.05, 3.63) is 24.3 Å². The van der Waals surface area contributed by atoms with E-state index in [4.69, 9.17) is 10.7 Å². The fourth-order valence-electron chi connectivity index (χ4n) is 0.884. The van der Waals surface area contributed by atoms with E-state index < -0.39 is 19.2 Å². The minimum atomic E-state index is -4.02. The van der Waals surface area contributed by atoms with Crippen LogP contribution in [0.4, 0.5) is 0 Å². The van der Waals surface area contributed by atoms with Crippen LogP contribution < -0.4 is 4.18 Å². The Morgan fingerprint density at radius 3 is 2.13 bits per heavy atom. The maximum Gasteiger partial charge on any atom is 0.306 e. The molecule has 1 rings (SSSR count). The lowest BCUT2D eigenvalue weighted by Crippen LogP contribution is -2.08. The summed E-state index contributed by atoms with van der Waals surface area (Å²) in [6.07, 6.45) is 0.810. The van der Waals surface area contributed by atoms with Crippen LogP contribution in [-0.4, -0.2) is 23.1 Å². The topological polar surface area (TPSA) is 77.5 Å². The lowest BCUT2D eigenvalue weighted by molar-refractivity contribution is 0.485. The molecule has 0 spiro atoms. The van der Waals surface area contributed by atoms with Crippen molar-refractivity contribution in [2.45, 2.75) is 4.90 Å². The number of hydrogen-bond donors (Lipinski definition) is 0. The van der Waals surface area contributed by atoms with Crippen LogP contribution in [0, 0.1) is 0 Å². The van der Waals surface area contributed by atoms with Crippen molar-refractivity contribution >= 4 is 29.9 Å². The zero-order valence-electron chi connectivity index (χ0n) is 7.55. The smallest absolute Gasteiger partial charge is 0.306 e. The van der Waals surface area contributed by atoms with Gasteiger partial charge in [-0.3, -0.25) is 0 Å². The van der Waals surface area contributed by atoms with Gasteiger partial charge in [-0.2, -0.15) is 8.42 Å². The molecule has 0 aliphatic carbocycles. The maximum atomic E-state index is 11.0. The third-order valence-electron chi connectivity index (χ3n) is 1.35. The molecule has 0 heterocycles. The molecule has 0 N–H and O–H groups in total. The largest absolute Gasteiger partial charge is 0.381 e. The summed E-state index contributed by atoms with van der Waals surface area (Å²) >= 11 is 0. The third-order valence-corrected chi connectivity index (χ3v) is 3.20. The molecule has 0 saturated heterocycles. The van der Waals surface area contributed by atoms with Crippen molar-refractivity contribution in [3.63, 3.8) is 0 Å². The second kappa shape index (κ2) is 3.99. The minimum Gasteiger partial charge on any atom is -0.381 e. The lowest BCUT2D eigenvalue weighted by atomic mass is 10.3. The van der Waals surface area contributed by atoms with Crippen LogP contribution in [0.2, 0.25) is 0 Å². The molecule has 0 aromatic heterocycles. The monoisotopic (exact) mass is 270 g/mol. The molecule has 1 aromatic rings. The summed E-state index contributed by atoms with van der Waals surface area (Å²) in [5, 5.41) is 0. The van der Waals surface area contributed by atoms with Gasteiger partial charge in [0.15, 0.2) is 5.75 Å². The van der Waals surface area contributed by atoms with Crippen molar-refractivity contribution in [1.29, 1.82) is 0 Å². The van der Waals surface area contributed by atoms with Gasteiger partial charge in [0.1, 0.15) is 4.90 Å². The van der Waals surface area contributed by atoms with Crippen molar-refractivity contribution in [2.75, 3.05) is 6.26 Å². The van der Waals surface area contributed by atoms with Gasteiger partial charge in [0, 0.05) is 10.7 Å². The van der Waals surface area contributed by atoms with Gasteiger partial charge in [-0.25, -0.2) is 8.42 Å². The van der Waals surface area contributed by atoms with Crippen LogP contribution in [0.5, 0.6) is 5.75 Å². The van der Waals surface area contributed by atoms with Crippen LogP contribution >= 0.6 is 10.7 Å². The van der Waals surface area contributed by atoms with Gasteiger partial charge in [0.2, 0.25) is 0 Å². The van der Waals surface area contributed by atoms with Gasteiger partial charge in [0.05, 0.1) is 6.26 Å². The Kier molecular flexibility index (Phi) is 3.27. The van der Waals surface area contributed by atoms with Crippen LogP contribution in [0.25, 0.3) is 0 Å². The molecular formula is C7H7ClO5S2. The van der Waals surface area contributed by atoms with Crippen molar-refractivity contribution in [1.82, 2.24) is 0 Å². The first-order valence-electron chi connectivity index (χ1n) is 3.63. The molecule has 0 saturated carbocycles. The molecule has 1 aromatic carbocycles. The highest BCUT2D eigenvalue weighted by atomic mass is 35.7. The van der Waals surface area contributed by atoms with E-state index in [1.165, 1.54) is 18.2 Å². The van der Waals surface area contributed by atoms with Gasteiger partial charge in [0.25, 0.3) is 9.05 Å². The van der Waals surface area contributed by atoms with Gasteiger partial charge < -0.3 is 4.18 Å². The summed E-state index contributed by atoms with van der Waals surface area (Å²) in [4.78, 5) is -0.378. The SMILES string of the molecule is CS(=O)(=O)Oc1ccccc1S(=O)(=O)Cl. The van der Waals surface area contributed by atoms with Crippen LogP contribution in [0.15, 0.2) is 29.2 Å². The molecule has 5 nitrogen and oxygen atoms in total. The van der Waals surface area contributed by atoms with Crippen LogP contribution in [0.1, 0.15) is 0 Å². The quantitative estimate of drug-likeness (QED) is 0.604. The molecule has 0 atom stereocenters. The van der Waals surface area contributed by atoms with Crippen molar-refractivity contribution in [3.8, 4) is 5.75 Å². The Hall–Kier alpha value is -0.790. The highest BCUT2D eigenvalue weighted by molar-refractivity contribution is 8.13. The van der Waals surface area contributed by atoms with Crippen LogP contribution in [-0.2, 0) is 19.2 Å². The first-order valence-corrected chi connectivity index (χ1v) is 7.76. The van der Waals surface area contributed by atoms with Crippen molar-refractivity contribution < 1.29 is 21.0 Å². The zero-order chi connectivity index (χ0) is 11.7. The molecule has 0 fully saturated rings. The van der Waals surface area contributed by atoms with E-state index in [0.29, 0.717) is 0 Å². The number of para-hydroxylation sites is 1. The summed E-state index contributed by atoms with van der Waals surface area (Å²) in [5.74, 6) is -0.310. The second-order valence-electron chi connectivity index (χ2n) is 2.67. The predicted molar refractivity (Wildman–Crippen MR) is 55.0 cm³/mol. The fourth-order valence-corrected chi connectivity index (χ4v) is 2.38. The molecular weight excluding hydrogens is 264 g/mol. The van der Waals surface area contributed by atoms with Gasteiger partial charge >= 0.3 is 10.1 Å². The van der Waals surface area contributed by atoms with E-state index >= 15 is 0 Å². The van der Waals surface area contributed by atoms with Crippen molar-refractivity contribution in [2.24, 2.45) is 0 Å². The zero-order valence-corrected chi connectivity index (χ0v) is 9.93. The Morgan fingerprint density at radius 2 is 1.67 bits per heavy atom. The number of halogens is 1. The number of hydrogen-bond acceptors (Lipinski definition) is 5. The van der Waals surface area contributed by atoms with E-state index in [2.05, 4.69) is 4.18 Å². The molecule has 0 amide bonds. The second-order valence-corrected chi connectivity index (χ2v) is 6.78. The average molecular weight is 271 g/mol. The number of benzene rings is 1. The Bertz CT molecular complexity index is 561. The van der Waals surface area contributed by atoms with E-state index in [1.807, 2.05) is 0 Å². The molecule has 0 aliphatic rings. The van der Waals surface area contributed by atoms with E-state index in [0.717, 1.165) is 12.3 Å². The molecule has 15 heavy (non-hydrogen) atoms. The number of rotatable bonds is 3. The Balaban J connectivity index is 3.32. The summed E-state index contributed by atoms with van der Waals surface area (Å²) in [6, 6.07) is 5.20. The average Bonchev–Trinajstić information content (AvgIpc) is 1.99. The predicted octanol–water partition coefficient (Wildman–Crippen LogP) is 0.953. The maximum absolute atomic E-state index is 11.0. The van der Waals surface area contributed by atoms with Crippen LogP contribution in [0.3, 0.4) is 0 Å². The molecule has 0 unspecified atom stereocenters. The molecule has 8 heteroatoms. The highest BCUT2D eigenvalue weighted by Crippen LogP contribution is 2.27. The van der Waals surface area contributed by atoms with E-state index in [9.17, 15) is 16.8 Å². The summed E-state index contributed by atoms with van der Waals surface area (Å²) in [5.41, 5.74) is 0. The molecule has 0 radical (unpaired) electrons. The first-order chi connectivity index (χ1) is 6.70. The fraction of sp³-hybridized carbons (Fsp3) is 0.143. The summed E-state index contributed by atoms with van der Waals surface area (Å²) in [7, 11) is -2.72. The summed E-state index contributed by atoms with van der Waals surface area (Å²) < 4.78 is 48.2. The van der Waals surface area contributed by atoms with Gasteiger partial charge in [-0.05, 0) is 12.1 Å². The normalized spacial score (nSPS) is 12.4. The van der Waals surface area contributed by atoms with E-state index in [1.54, 1.807) is 0 Å².